The lowest BCUT2D eigenvalue weighted by Gasteiger charge is -2.10. The van der Waals surface area contributed by atoms with E-state index in [1.807, 2.05) is 18.2 Å². The molecule has 0 bridgehead atoms. The maximum absolute atomic E-state index is 12.6. The lowest BCUT2D eigenvalue weighted by molar-refractivity contribution is -0.140. The third kappa shape index (κ3) is 3.34. The number of carboxylic acids is 1. The minimum atomic E-state index is -1.10. The van der Waals surface area contributed by atoms with E-state index < -0.39 is 12.5 Å². The molecule has 0 aliphatic carbocycles. The number of benzene rings is 1. The summed E-state index contributed by atoms with van der Waals surface area (Å²) in [5.74, 6) is -0.541. The first kappa shape index (κ1) is 18.5. The number of rotatable bonds is 5. The second kappa shape index (κ2) is 7.13. The molecule has 0 saturated carbocycles. The van der Waals surface area contributed by atoms with Gasteiger partial charge in [0.05, 0.1) is 12.0 Å². The van der Waals surface area contributed by atoms with Gasteiger partial charge in [-0.25, -0.2) is 0 Å². The number of carboxylic acid groups (broad SMARTS) is 1. The number of thioether (sulfide) groups is 1. The van der Waals surface area contributed by atoms with Crippen molar-refractivity contribution in [3.8, 4) is 5.75 Å². The average molecular weight is 390 g/mol. The van der Waals surface area contributed by atoms with Gasteiger partial charge in [0, 0.05) is 22.2 Å². The zero-order valence-electron chi connectivity index (χ0n) is 14.5. The molecule has 0 atom stereocenters. The molecule has 6 nitrogen and oxygen atoms in total. The van der Waals surface area contributed by atoms with Crippen LogP contribution in [0.1, 0.15) is 31.0 Å². The highest BCUT2D eigenvalue weighted by atomic mass is 32.2. The van der Waals surface area contributed by atoms with Gasteiger partial charge in [-0.05, 0) is 30.2 Å². The maximum Gasteiger partial charge on any atom is 0.323 e. The second-order valence-electron chi connectivity index (χ2n) is 6.18. The molecule has 1 aromatic carbocycles. The molecule has 26 heavy (non-hydrogen) atoms. The first-order valence-corrected chi connectivity index (χ1v) is 9.21. The van der Waals surface area contributed by atoms with Gasteiger partial charge in [-0.1, -0.05) is 37.8 Å². The number of H-pyrrole nitrogens is 1. The third-order valence-electron chi connectivity index (χ3n) is 4.10. The van der Waals surface area contributed by atoms with Crippen molar-refractivity contribution in [2.45, 2.75) is 19.8 Å². The number of fused-ring (bicyclic) bond motifs is 1. The van der Waals surface area contributed by atoms with E-state index in [9.17, 15) is 9.59 Å². The Morgan fingerprint density at radius 1 is 1.46 bits per heavy atom. The van der Waals surface area contributed by atoms with E-state index in [0.717, 1.165) is 44.6 Å². The Morgan fingerprint density at radius 2 is 2.19 bits per heavy atom. The Balaban J connectivity index is 2.11. The molecule has 2 N–H and O–H groups in total. The summed E-state index contributed by atoms with van der Waals surface area (Å²) in [4.78, 5) is 28.5. The number of aliphatic carboxylic acids is 1. The molecule has 1 aliphatic rings. The summed E-state index contributed by atoms with van der Waals surface area (Å²) in [6.07, 6.45) is 1.79. The molecule has 0 radical (unpaired) electrons. The quantitative estimate of drug-likeness (QED) is 0.600. The largest absolute Gasteiger partial charge is 0.497 e. The summed E-state index contributed by atoms with van der Waals surface area (Å²) in [6, 6.07) is 5.73. The van der Waals surface area contributed by atoms with Crippen LogP contribution in [0.25, 0.3) is 17.0 Å². The van der Waals surface area contributed by atoms with Gasteiger partial charge in [0.15, 0.2) is 0 Å². The molecule has 1 fully saturated rings. The molecule has 1 amide bonds. The number of ether oxygens (including phenoxy) is 1. The fourth-order valence-corrected chi connectivity index (χ4v) is 4.09. The Bertz CT molecular complexity index is 946. The summed E-state index contributed by atoms with van der Waals surface area (Å²) in [5, 5.41) is 9.91. The van der Waals surface area contributed by atoms with Crippen molar-refractivity contribution < 1.29 is 19.4 Å². The van der Waals surface area contributed by atoms with Crippen LogP contribution < -0.4 is 4.74 Å². The molecule has 0 spiro atoms. The molecule has 1 aliphatic heterocycles. The Labute approximate surface area is 160 Å². The van der Waals surface area contributed by atoms with Crippen LogP contribution >= 0.6 is 24.0 Å². The first-order valence-electron chi connectivity index (χ1n) is 7.98. The molecule has 2 heterocycles. The fraction of sp³-hybridized carbons (Fsp3) is 0.278. The summed E-state index contributed by atoms with van der Waals surface area (Å²) >= 11 is 6.29. The monoisotopic (exact) mass is 390 g/mol. The Morgan fingerprint density at radius 3 is 2.81 bits per heavy atom. The lowest BCUT2D eigenvalue weighted by Crippen LogP contribution is -2.33. The molecule has 0 unspecified atom stereocenters. The number of nitrogens with one attached hydrogen (secondary N) is 1. The number of thiocarbonyl (C=S) groups is 1. The molecule has 2 aromatic rings. The van der Waals surface area contributed by atoms with Gasteiger partial charge in [0.1, 0.15) is 16.6 Å². The van der Waals surface area contributed by atoms with Gasteiger partial charge in [0.2, 0.25) is 0 Å². The van der Waals surface area contributed by atoms with Crippen molar-refractivity contribution in [2.75, 3.05) is 13.7 Å². The standard InChI is InChI=1S/C18H18N2O4S2/c1-9(2)16-12(11-6-10(24-3)4-5-13(11)19-16)7-14-17(23)20(8-15(21)22)18(25)26-14/h4-7,9,19H,8H2,1-3H3,(H,21,22). The summed E-state index contributed by atoms with van der Waals surface area (Å²) in [6.45, 7) is 3.70. The molecule has 1 aromatic heterocycles. The highest BCUT2D eigenvalue weighted by Gasteiger charge is 2.33. The zero-order valence-corrected chi connectivity index (χ0v) is 16.2. The van der Waals surface area contributed by atoms with Gasteiger partial charge in [0.25, 0.3) is 5.91 Å². The SMILES string of the molecule is COc1ccc2[nH]c(C(C)C)c(C=C3SC(=S)N(CC(=O)O)C3=O)c2c1. The van der Waals surface area contributed by atoms with E-state index in [1.54, 1.807) is 13.2 Å². The molecule has 1 saturated heterocycles. The number of hydrogen-bond acceptors (Lipinski definition) is 5. The predicted octanol–water partition coefficient (Wildman–Crippen LogP) is 3.59. The molecule has 8 heteroatoms. The van der Waals surface area contributed by atoms with Crippen molar-refractivity contribution in [3.05, 3.63) is 34.4 Å². The number of carbonyl (C=O) groups is 2. The zero-order chi connectivity index (χ0) is 19.0. The van der Waals surface area contributed by atoms with E-state index in [2.05, 4.69) is 18.8 Å². The van der Waals surface area contributed by atoms with Gasteiger partial charge in [-0.3, -0.25) is 14.5 Å². The van der Waals surface area contributed by atoms with Gasteiger partial charge in [-0.2, -0.15) is 0 Å². The maximum atomic E-state index is 12.6. The predicted molar refractivity (Wildman–Crippen MR) is 106 cm³/mol. The van der Waals surface area contributed by atoms with Gasteiger partial charge in [-0.15, -0.1) is 0 Å². The van der Waals surface area contributed by atoms with Gasteiger partial charge >= 0.3 is 5.97 Å². The minimum absolute atomic E-state index is 0.212. The smallest absolute Gasteiger partial charge is 0.323 e. The van der Waals surface area contributed by atoms with E-state index in [-0.39, 0.29) is 16.1 Å². The highest BCUT2D eigenvalue weighted by Crippen LogP contribution is 2.37. The van der Waals surface area contributed by atoms with Crippen molar-refractivity contribution in [2.24, 2.45) is 0 Å². The van der Waals surface area contributed by atoms with Crippen LogP contribution in [0.3, 0.4) is 0 Å². The number of nitrogens with zero attached hydrogens (tertiary/aromatic N) is 1. The Hall–Kier alpha value is -2.32. The van der Waals surface area contributed by atoms with Crippen LogP contribution in [0.2, 0.25) is 0 Å². The topological polar surface area (TPSA) is 82.6 Å². The number of aromatic nitrogens is 1. The van der Waals surface area contributed by atoms with Crippen molar-refractivity contribution in [1.82, 2.24) is 9.88 Å². The van der Waals surface area contributed by atoms with E-state index in [0.29, 0.717) is 4.91 Å². The summed E-state index contributed by atoms with van der Waals surface area (Å²) < 4.78 is 5.57. The number of methoxy groups -OCH3 is 1. The number of aromatic amines is 1. The molecule has 3 rings (SSSR count). The highest BCUT2D eigenvalue weighted by molar-refractivity contribution is 8.26. The molecule has 136 valence electrons. The van der Waals surface area contributed by atoms with Crippen LogP contribution in [0, 0.1) is 0 Å². The Kier molecular flexibility index (Phi) is 5.06. The van der Waals surface area contributed by atoms with Crippen LogP contribution in [-0.2, 0) is 9.59 Å². The normalized spacial score (nSPS) is 16.3. The minimum Gasteiger partial charge on any atom is -0.497 e. The second-order valence-corrected chi connectivity index (χ2v) is 7.86. The number of hydrogen-bond donors (Lipinski definition) is 2. The molecular formula is C18H18N2O4S2. The van der Waals surface area contributed by atoms with E-state index in [4.69, 9.17) is 22.1 Å². The third-order valence-corrected chi connectivity index (χ3v) is 5.47. The average Bonchev–Trinajstić information content (AvgIpc) is 3.07. The van der Waals surface area contributed by atoms with Crippen molar-refractivity contribution in [1.29, 1.82) is 0 Å². The summed E-state index contributed by atoms with van der Waals surface area (Å²) in [7, 11) is 1.61. The van der Waals surface area contributed by atoms with Crippen LogP contribution in [-0.4, -0.2) is 44.8 Å². The van der Waals surface area contributed by atoms with E-state index in [1.165, 1.54) is 0 Å². The first-order chi connectivity index (χ1) is 12.3. The van der Waals surface area contributed by atoms with Crippen molar-refractivity contribution in [3.63, 3.8) is 0 Å². The fourth-order valence-electron chi connectivity index (χ4n) is 2.85. The van der Waals surface area contributed by atoms with Crippen LogP contribution in [0.4, 0.5) is 0 Å². The number of carbonyl (C=O) groups excluding carboxylic acids is 1. The number of amides is 1. The lowest BCUT2D eigenvalue weighted by atomic mass is 10.0. The molecular weight excluding hydrogens is 372 g/mol. The van der Waals surface area contributed by atoms with Crippen LogP contribution in [0.5, 0.6) is 5.75 Å². The van der Waals surface area contributed by atoms with E-state index >= 15 is 0 Å². The van der Waals surface area contributed by atoms with Crippen LogP contribution in [0.15, 0.2) is 23.1 Å². The van der Waals surface area contributed by atoms with Crippen molar-refractivity contribution >= 4 is 57.2 Å². The summed E-state index contributed by atoms with van der Waals surface area (Å²) in [5.41, 5.74) is 2.84. The van der Waals surface area contributed by atoms with Gasteiger partial charge < -0.3 is 14.8 Å².